The molecule has 0 saturated heterocycles. The lowest BCUT2D eigenvalue weighted by Gasteiger charge is -2.34. The molecule has 1 aromatic heterocycles. The number of rotatable bonds is 2. The van der Waals surface area contributed by atoms with Gasteiger partial charge in [-0.3, -0.25) is 0 Å². The highest BCUT2D eigenvalue weighted by molar-refractivity contribution is 9.10. The second-order valence-electron chi connectivity index (χ2n) is 8.76. The van der Waals surface area contributed by atoms with Crippen LogP contribution in [0, 0.1) is 0 Å². The van der Waals surface area contributed by atoms with E-state index in [2.05, 4.69) is 107 Å². The molecule has 0 unspecified atom stereocenters. The monoisotopic (exact) mass is 520 g/mol. The maximum Gasteiger partial charge on any atom is 0.143 e. The number of fused-ring (bicyclic) bond motifs is 7. The van der Waals surface area contributed by atoms with Crippen molar-refractivity contribution in [2.24, 2.45) is 0 Å². The predicted octanol–water partition coefficient (Wildman–Crippen LogP) is 9.36. The van der Waals surface area contributed by atoms with Crippen LogP contribution in [0.5, 0.6) is 0 Å². The summed E-state index contributed by atoms with van der Waals surface area (Å²) < 4.78 is 7.61. The van der Waals surface area contributed by atoms with Gasteiger partial charge in [-0.2, -0.15) is 0 Å². The molecule has 0 bridgehead atoms. The van der Waals surface area contributed by atoms with Crippen molar-refractivity contribution in [1.82, 2.24) is 0 Å². The highest BCUT2D eigenvalue weighted by Gasteiger charge is 2.48. The molecule has 1 aliphatic rings. The summed E-state index contributed by atoms with van der Waals surface area (Å²) in [6.07, 6.45) is 0. The van der Waals surface area contributed by atoms with Crippen LogP contribution in [-0.4, -0.2) is 0 Å². The van der Waals surface area contributed by atoms with E-state index in [1.807, 2.05) is 18.2 Å². The normalized spacial score (nSPS) is 13.8. The fourth-order valence-corrected chi connectivity index (χ4v) is 6.67. The Morgan fingerprint density at radius 1 is 0.676 bits per heavy atom. The Hall–Kier alpha value is -3.33. The Kier molecular flexibility index (Phi) is 4.33. The summed E-state index contributed by atoms with van der Waals surface area (Å²) in [5.41, 5.74) is 8.29. The first kappa shape index (κ1) is 20.1. The van der Waals surface area contributed by atoms with Crippen LogP contribution < -0.4 is 0 Å². The summed E-state index contributed by atoms with van der Waals surface area (Å²) in [5.74, 6) is 0. The van der Waals surface area contributed by atoms with Crippen LogP contribution in [0.15, 0.2) is 118 Å². The van der Waals surface area contributed by atoms with Gasteiger partial charge in [0.2, 0.25) is 0 Å². The van der Waals surface area contributed by atoms with E-state index >= 15 is 0 Å². The van der Waals surface area contributed by atoms with Gasteiger partial charge in [-0.1, -0.05) is 112 Å². The van der Waals surface area contributed by atoms with Crippen LogP contribution in [-0.2, 0) is 5.41 Å². The van der Waals surface area contributed by atoms with Crippen molar-refractivity contribution in [3.05, 3.63) is 141 Å². The maximum absolute atomic E-state index is 6.66. The highest BCUT2D eigenvalue weighted by atomic mass is 79.9. The predicted molar refractivity (Wildman–Crippen MR) is 144 cm³/mol. The molecular weight excluding hydrogens is 504 g/mol. The first-order valence-electron chi connectivity index (χ1n) is 11.3. The zero-order valence-electron chi connectivity index (χ0n) is 18.1. The molecule has 34 heavy (non-hydrogen) atoms. The van der Waals surface area contributed by atoms with Gasteiger partial charge in [0.05, 0.1) is 5.41 Å². The highest BCUT2D eigenvalue weighted by Crippen LogP contribution is 2.60. The molecule has 0 atom stereocenters. The Bertz CT molecular complexity index is 1680. The minimum Gasteiger partial charge on any atom is -0.455 e. The number of hydrogen-bond donors (Lipinski definition) is 0. The molecule has 5 aromatic carbocycles. The van der Waals surface area contributed by atoms with Crippen molar-refractivity contribution in [3.63, 3.8) is 0 Å². The van der Waals surface area contributed by atoms with Crippen molar-refractivity contribution >= 4 is 49.5 Å². The van der Waals surface area contributed by atoms with Crippen LogP contribution in [0.3, 0.4) is 0 Å². The number of furan rings is 1. The first-order valence-corrected chi connectivity index (χ1v) is 12.4. The van der Waals surface area contributed by atoms with Gasteiger partial charge < -0.3 is 4.42 Å². The summed E-state index contributed by atoms with van der Waals surface area (Å²) in [6.45, 7) is 0. The van der Waals surface area contributed by atoms with Gasteiger partial charge in [-0.25, -0.2) is 0 Å². The summed E-state index contributed by atoms with van der Waals surface area (Å²) >= 11 is 10.7. The quantitative estimate of drug-likeness (QED) is 0.221. The fraction of sp³-hybridized carbons (Fsp3) is 0.0323. The molecule has 0 radical (unpaired) electrons. The van der Waals surface area contributed by atoms with Crippen molar-refractivity contribution in [2.45, 2.75) is 5.41 Å². The van der Waals surface area contributed by atoms with Crippen LogP contribution >= 0.6 is 27.5 Å². The van der Waals surface area contributed by atoms with Gasteiger partial charge >= 0.3 is 0 Å². The second-order valence-corrected chi connectivity index (χ2v) is 10.0. The molecule has 0 amide bonds. The molecule has 7 rings (SSSR count). The molecule has 0 aliphatic heterocycles. The zero-order chi connectivity index (χ0) is 22.9. The van der Waals surface area contributed by atoms with Gasteiger partial charge in [-0.05, 0) is 52.1 Å². The second kappa shape index (κ2) is 7.33. The van der Waals surface area contributed by atoms with Crippen molar-refractivity contribution in [1.29, 1.82) is 0 Å². The minimum atomic E-state index is -0.538. The van der Waals surface area contributed by atoms with E-state index < -0.39 is 5.41 Å². The molecular formula is C31H18BrClO. The largest absolute Gasteiger partial charge is 0.455 e. The third kappa shape index (κ3) is 2.56. The molecule has 0 spiro atoms. The number of halogens is 2. The van der Waals surface area contributed by atoms with Crippen molar-refractivity contribution < 1.29 is 4.42 Å². The van der Waals surface area contributed by atoms with Crippen LogP contribution in [0.4, 0.5) is 0 Å². The standard InChI is InChI=1S/C31H18BrClO/c32-26-18-24-22-13-7-8-14-27(22)34-30(24)28-23-16-15-21(33)17-25(23)31(29(26)28,19-9-3-1-4-10-19)20-11-5-2-6-12-20/h1-18H. The zero-order valence-corrected chi connectivity index (χ0v) is 20.4. The summed E-state index contributed by atoms with van der Waals surface area (Å²) in [7, 11) is 0. The van der Waals surface area contributed by atoms with Crippen LogP contribution in [0.25, 0.3) is 33.1 Å². The Labute approximate surface area is 210 Å². The molecule has 0 fully saturated rings. The summed E-state index contributed by atoms with van der Waals surface area (Å²) in [5, 5.41) is 2.95. The van der Waals surface area contributed by atoms with E-state index in [-0.39, 0.29) is 0 Å². The van der Waals surface area contributed by atoms with Crippen LogP contribution in [0.2, 0.25) is 5.02 Å². The Morgan fingerprint density at radius 3 is 2.03 bits per heavy atom. The van der Waals surface area contributed by atoms with Crippen LogP contribution in [0.1, 0.15) is 22.3 Å². The summed E-state index contributed by atoms with van der Waals surface area (Å²) in [6, 6.07) is 38.1. The number of para-hydroxylation sites is 1. The molecule has 3 heteroatoms. The van der Waals surface area contributed by atoms with Gasteiger partial charge in [0.1, 0.15) is 11.2 Å². The summed E-state index contributed by atoms with van der Waals surface area (Å²) in [4.78, 5) is 0. The molecule has 162 valence electrons. The van der Waals surface area contributed by atoms with Crippen molar-refractivity contribution in [2.75, 3.05) is 0 Å². The van der Waals surface area contributed by atoms with Crippen molar-refractivity contribution in [3.8, 4) is 11.1 Å². The van der Waals surface area contributed by atoms with Gasteiger partial charge in [-0.15, -0.1) is 0 Å². The SMILES string of the molecule is Clc1ccc2c(c1)C(c1ccccc1)(c1ccccc1)c1c(Br)cc3c(oc4ccccc43)c1-2. The van der Waals surface area contributed by atoms with E-state index in [0.717, 1.165) is 42.6 Å². The maximum atomic E-state index is 6.66. The minimum absolute atomic E-state index is 0.538. The number of benzene rings is 5. The van der Waals surface area contributed by atoms with E-state index in [1.165, 1.54) is 22.3 Å². The third-order valence-corrected chi connectivity index (χ3v) is 7.92. The average Bonchev–Trinajstić information content (AvgIpc) is 3.39. The van der Waals surface area contributed by atoms with Gasteiger partial charge in [0.15, 0.2) is 0 Å². The third-order valence-electron chi connectivity index (χ3n) is 7.06. The number of hydrogen-bond acceptors (Lipinski definition) is 1. The lowest BCUT2D eigenvalue weighted by atomic mass is 9.67. The van der Waals surface area contributed by atoms with E-state index in [1.54, 1.807) is 0 Å². The fourth-order valence-electron chi connectivity index (χ4n) is 5.77. The smallest absolute Gasteiger partial charge is 0.143 e. The Morgan fingerprint density at radius 2 is 1.32 bits per heavy atom. The lowest BCUT2D eigenvalue weighted by molar-refractivity contribution is 0.668. The van der Waals surface area contributed by atoms with E-state index in [4.69, 9.17) is 16.0 Å². The van der Waals surface area contributed by atoms with E-state index in [0.29, 0.717) is 0 Å². The average molecular weight is 522 g/mol. The molecule has 1 nitrogen and oxygen atoms in total. The molecule has 0 N–H and O–H groups in total. The lowest BCUT2D eigenvalue weighted by Crippen LogP contribution is -2.29. The van der Waals surface area contributed by atoms with E-state index in [9.17, 15) is 0 Å². The molecule has 0 saturated carbocycles. The molecule has 1 heterocycles. The molecule has 1 aliphatic carbocycles. The van der Waals surface area contributed by atoms with Gasteiger partial charge in [0, 0.05) is 25.8 Å². The first-order chi connectivity index (χ1) is 16.7. The Balaban J connectivity index is 1.75. The molecule has 6 aromatic rings. The van der Waals surface area contributed by atoms with Gasteiger partial charge in [0.25, 0.3) is 0 Å². The topological polar surface area (TPSA) is 13.1 Å².